The van der Waals surface area contributed by atoms with Crippen molar-refractivity contribution in [2.45, 2.75) is 33.7 Å². The lowest BCUT2D eigenvalue weighted by Crippen LogP contribution is -2.50. The number of aryl methyl sites for hydroxylation is 2. The molecule has 0 aliphatic heterocycles. The first-order valence-corrected chi connectivity index (χ1v) is 11.5. The molecule has 0 aromatic heterocycles. The van der Waals surface area contributed by atoms with Crippen molar-refractivity contribution in [3.05, 3.63) is 70.6 Å². The number of hydrogen-bond donors (Lipinski definition) is 3. The van der Waals surface area contributed by atoms with Crippen LogP contribution in [0.5, 0.6) is 0 Å². The summed E-state index contributed by atoms with van der Waals surface area (Å²) < 4.78 is 27.2. The van der Waals surface area contributed by atoms with Gasteiger partial charge in [0.15, 0.2) is 0 Å². The summed E-state index contributed by atoms with van der Waals surface area (Å²) in [6.07, 6.45) is 1.45. The number of nitrogens with one attached hydrogen (secondary N) is 3. The van der Waals surface area contributed by atoms with Crippen molar-refractivity contribution in [3.63, 3.8) is 0 Å². The first kappa shape index (κ1) is 24.3. The zero-order chi connectivity index (χ0) is 23.0. The van der Waals surface area contributed by atoms with Crippen molar-refractivity contribution >= 4 is 33.6 Å². The highest BCUT2D eigenvalue weighted by atomic mass is 32.2. The standard InChI is InChI=1S/C23H29N3O4S/c1-16(2)21(26-31(29,30)14-13-19-11-6-5-7-12-19)23(28)24-15-20(27)25-22-17(3)9-8-10-18(22)4/h5-14,16,21,26H,15H2,1-4H3,(H,24,28)(H,25,27)/b14-13+/t21-/m0/s1. The Balaban J connectivity index is 1.98. The van der Waals surface area contributed by atoms with Gasteiger partial charge in [-0.15, -0.1) is 0 Å². The van der Waals surface area contributed by atoms with Crippen LogP contribution in [0.4, 0.5) is 5.69 Å². The van der Waals surface area contributed by atoms with E-state index in [1.54, 1.807) is 38.1 Å². The van der Waals surface area contributed by atoms with Gasteiger partial charge in [0.25, 0.3) is 0 Å². The average molecular weight is 444 g/mol. The maximum Gasteiger partial charge on any atom is 0.243 e. The second-order valence-electron chi connectivity index (χ2n) is 7.63. The Morgan fingerprint density at radius 2 is 1.58 bits per heavy atom. The lowest BCUT2D eigenvalue weighted by Gasteiger charge is -2.20. The Morgan fingerprint density at radius 3 is 2.16 bits per heavy atom. The van der Waals surface area contributed by atoms with Gasteiger partial charge in [0.2, 0.25) is 21.8 Å². The second-order valence-corrected chi connectivity index (χ2v) is 9.23. The highest BCUT2D eigenvalue weighted by molar-refractivity contribution is 7.92. The molecule has 0 fully saturated rings. The van der Waals surface area contributed by atoms with Gasteiger partial charge in [-0.2, -0.15) is 4.72 Å². The summed E-state index contributed by atoms with van der Waals surface area (Å²) in [6, 6.07) is 13.6. The van der Waals surface area contributed by atoms with Gasteiger partial charge in [0.05, 0.1) is 6.54 Å². The van der Waals surface area contributed by atoms with Crippen LogP contribution in [0.3, 0.4) is 0 Å². The van der Waals surface area contributed by atoms with Gasteiger partial charge in [0, 0.05) is 11.1 Å². The lowest BCUT2D eigenvalue weighted by atomic mass is 10.1. The third-order valence-electron chi connectivity index (χ3n) is 4.65. The minimum atomic E-state index is -3.86. The molecule has 0 unspecified atom stereocenters. The van der Waals surface area contributed by atoms with E-state index >= 15 is 0 Å². The van der Waals surface area contributed by atoms with Crippen LogP contribution in [0.1, 0.15) is 30.5 Å². The van der Waals surface area contributed by atoms with E-state index in [9.17, 15) is 18.0 Å². The van der Waals surface area contributed by atoms with E-state index in [0.717, 1.165) is 22.1 Å². The number of carbonyl (C=O) groups excluding carboxylic acids is 2. The van der Waals surface area contributed by atoms with Gasteiger partial charge in [0.1, 0.15) is 6.04 Å². The Morgan fingerprint density at radius 1 is 0.968 bits per heavy atom. The number of sulfonamides is 1. The summed E-state index contributed by atoms with van der Waals surface area (Å²) in [7, 11) is -3.86. The normalized spacial score (nSPS) is 12.7. The molecule has 0 aliphatic rings. The minimum absolute atomic E-state index is 0.266. The van der Waals surface area contributed by atoms with Crippen molar-refractivity contribution in [2.24, 2.45) is 5.92 Å². The zero-order valence-corrected chi connectivity index (χ0v) is 19.0. The number of anilines is 1. The van der Waals surface area contributed by atoms with Gasteiger partial charge >= 0.3 is 0 Å². The molecule has 2 aromatic rings. The molecule has 31 heavy (non-hydrogen) atoms. The predicted octanol–water partition coefficient (Wildman–Crippen LogP) is 2.97. The molecule has 0 bridgehead atoms. The maximum absolute atomic E-state index is 12.6. The molecule has 1 atom stereocenters. The number of carbonyl (C=O) groups is 2. The highest BCUT2D eigenvalue weighted by Gasteiger charge is 2.26. The fraction of sp³-hybridized carbons (Fsp3) is 0.304. The van der Waals surface area contributed by atoms with Gasteiger partial charge in [-0.1, -0.05) is 62.4 Å². The molecular weight excluding hydrogens is 414 g/mol. The van der Waals surface area contributed by atoms with Crippen molar-refractivity contribution < 1.29 is 18.0 Å². The van der Waals surface area contributed by atoms with E-state index in [1.807, 2.05) is 38.1 Å². The molecule has 2 aromatic carbocycles. The number of hydrogen-bond acceptors (Lipinski definition) is 4. The molecule has 0 radical (unpaired) electrons. The first-order valence-electron chi connectivity index (χ1n) is 9.98. The van der Waals surface area contributed by atoms with Gasteiger partial charge in [-0.05, 0) is 42.5 Å². The summed E-state index contributed by atoms with van der Waals surface area (Å²) in [5, 5.41) is 6.33. The van der Waals surface area contributed by atoms with Crippen molar-refractivity contribution in [2.75, 3.05) is 11.9 Å². The smallest absolute Gasteiger partial charge is 0.243 e. The molecule has 2 amide bonds. The van der Waals surface area contributed by atoms with E-state index in [2.05, 4.69) is 15.4 Å². The van der Waals surface area contributed by atoms with Crippen LogP contribution in [-0.4, -0.2) is 32.8 Å². The third kappa shape index (κ3) is 7.66. The van der Waals surface area contributed by atoms with Crippen molar-refractivity contribution in [3.8, 4) is 0 Å². The molecule has 2 rings (SSSR count). The molecule has 0 saturated heterocycles. The molecular formula is C23H29N3O4S. The van der Waals surface area contributed by atoms with Crippen LogP contribution in [0, 0.1) is 19.8 Å². The van der Waals surface area contributed by atoms with Crippen LogP contribution in [0.15, 0.2) is 53.9 Å². The molecule has 166 valence electrons. The van der Waals surface area contributed by atoms with Gasteiger partial charge in [-0.3, -0.25) is 9.59 Å². The second kappa shape index (κ2) is 10.9. The fourth-order valence-electron chi connectivity index (χ4n) is 2.91. The molecule has 0 spiro atoms. The summed E-state index contributed by atoms with van der Waals surface area (Å²) >= 11 is 0. The first-order chi connectivity index (χ1) is 14.6. The molecule has 8 heteroatoms. The highest BCUT2D eigenvalue weighted by Crippen LogP contribution is 2.19. The number of amides is 2. The topological polar surface area (TPSA) is 104 Å². The summed E-state index contributed by atoms with van der Waals surface area (Å²) in [4.78, 5) is 24.9. The molecule has 0 saturated carbocycles. The Bertz CT molecular complexity index is 1030. The van der Waals surface area contributed by atoms with E-state index in [-0.39, 0.29) is 18.4 Å². The third-order valence-corrected chi connectivity index (χ3v) is 5.73. The number of para-hydroxylation sites is 1. The van der Waals surface area contributed by atoms with Crippen LogP contribution < -0.4 is 15.4 Å². The summed E-state index contributed by atoms with van der Waals surface area (Å²) in [5.74, 6) is -1.27. The fourth-order valence-corrected chi connectivity index (χ4v) is 4.06. The molecule has 3 N–H and O–H groups in total. The van der Waals surface area contributed by atoms with Crippen LogP contribution >= 0.6 is 0 Å². The van der Waals surface area contributed by atoms with Crippen molar-refractivity contribution in [1.82, 2.24) is 10.0 Å². The van der Waals surface area contributed by atoms with Gasteiger partial charge < -0.3 is 10.6 Å². The SMILES string of the molecule is Cc1cccc(C)c1NC(=O)CNC(=O)[C@@H](NS(=O)(=O)/C=C/c1ccccc1)C(C)C. The molecule has 7 nitrogen and oxygen atoms in total. The summed E-state index contributed by atoms with van der Waals surface area (Å²) in [5.41, 5.74) is 3.26. The summed E-state index contributed by atoms with van der Waals surface area (Å²) in [6.45, 7) is 6.95. The number of benzene rings is 2. The molecule has 0 heterocycles. The van der Waals surface area contributed by atoms with E-state index in [1.165, 1.54) is 6.08 Å². The maximum atomic E-state index is 12.6. The minimum Gasteiger partial charge on any atom is -0.346 e. The average Bonchev–Trinajstić information content (AvgIpc) is 2.72. The Labute approximate surface area is 184 Å². The quantitative estimate of drug-likeness (QED) is 0.554. The van der Waals surface area contributed by atoms with E-state index < -0.39 is 22.0 Å². The van der Waals surface area contributed by atoms with Crippen LogP contribution in [-0.2, 0) is 19.6 Å². The van der Waals surface area contributed by atoms with Crippen LogP contribution in [0.25, 0.3) is 6.08 Å². The monoisotopic (exact) mass is 443 g/mol. The van der Waals surface area contributed by atoms with Crippen LogP contribution in [0.2, 0.25) is 0 Å². The zero-order valence-electron chi connectivity index (χ0n) is 18.2. The predicted molar refractivity (Wildman–Crippen MR) is 124 cm³/mol. The Kier molecular flexibility index (Phi) is 8.53. The Hall–Kier alpha value is -2.97. The van der Waals surface area contributed by atoms with E-state index in [0.29, 0.717) is 5.69 Å². The van der Waals surface area contributed by atoms with Crippen molar-refractivity contribution in [1.29, 1.82) is 0 Å². The van der Waals surface area contributed by atoms with Gasteiger partial charge in [-0.25, -0.2) is 8.42 Å². The van der Waals surface area contributed by atoms with E-state index in [4.69, 9.17) is 0 Å². The molecule has 0 aliphatic carbocycles. The lowest BCUT2D eigenvalue weighted by molar-refractivity contribution is -0.126. The number of rotatable bonds is 9. The largest absolute Gasteiger partial charge is 0.346 e.